The van der Waals surface area contributed by atoms with Gasteiger partial charge in [-0.05, 0) is 24.6 Å². The molecule has 1 aromatic heterocycles. The van der Waals surface area contributed by atoms with E-state index in [1.807, 2.05) is 31.2 Å². The molecule has 6 heteroatoms. The molecule has 0 aliphatic heterocycles. The number of nitrogens with two attached hydrogens (primary N) is 1. The smallest absolute Gasteiger partial charge is 0.235 e. The van der Waals surface area contributed by atoms with Gasteiger partial charge in [-0.2, -0.15) is 0 Å². The highest BCUT2D eigenvalue weighted by Gasteiger charge is 2.13. The summed E-state index contributed by atoms with van der Waals surface area (Å²) in [5, 5.41) is 0. The topological polar surface area (TPSA) is 87.3 Å². The fraction of sp³-hybridized carbons (Fsp3) is 0.133. The highest BCUT2D eigenvalue weighted by Crippen LogP contribution is 2.33. The van der Waals surface area contributed by atoms with E-state index in [9.17, 15) is 4.79 Å². The zero-order valence-electron chi connectivity index (χ0n) is 11.7. The summed E-state index contributed by atoms with van der Waals surface area (Å²) in [6.07, 6.45) is 5.65. The molecule has 0 aliphatic carbocycles. The van der Waals surface area contributed by atoms with Gasteiger partial charge in [-0.3, -0.25) is 4.79 Å². The summed E-state index contributed by atoms with van der Waals surface area (Å²) in [4.78, 5) is 18.7. The third-order valence-electron chi connectivity index (χ3n) is 2.75. The van der Waals surface area contributed by atoms with Crippen molar-refractivity contribution in [3.63, 3.8) is 0 Å². The molecule has 1 aromatic carbocycles. The average molecular weight is 285 g/mol. The molecule has 0 radical (unpaired) electrons. The van der Waals surface area contributed by atoms with Crippen LogP contribution in [-0.4, -0.2) is 23.4 Å². The fourth-order valence-electron chi connectivity index (χ4n) is 1.75. The van der Waals surface area contributed by atoms with Crippen molar-refractivity contribution in [3.05, 3.63) is 41.7 Å². The van der Waals surface area contributed by atoms with E-state index in [2.05, 4.69) is 9.97 Å². The van der Waals surface area contributed by atoms with Crippen LogP contribution in [0.15, 0.2) is 30.6 Å². The third kappa shape index (κ3) is 3.17. The Kier molecular flexibility index (Phi) is 4.50. The predicted octanol–water partition coefficient (Wildman–Crippen LogP) is 2.71. The van der Waals surface area contributed by atoms with Crippen LogP contribution in [0.1, 0.15) is 22.8 Å². The summed E-state index contributed by atoms with van der Waals surface area (Å²) in [5.41, 5.74) is 6.70. The van der Waals surface area contributed by atoms with Gasteiger partial charge in [-0.1, -0.05) is 18.2 Å². The first-order valence-corrected chi connectivity index (χ1v) is 6.23. The molecule has 0 amide bonds. The van der Waals surface area contributed by atoms with Gasteiger partial charge in [-0.15, -0.1) is 0 Å². The number of hydrogen-bond acceptors (Lipinski definition) is 6. The quantitative estimate of drug-likeness (QED) is 0.850. The Morgan fingerprint density at radius 2 is 2.05 bits per heavy atom. The number of aldehydes is 1. The zero-order valence-corrected chi connectivity index (χ0v) is 11.7. The van der Waals surface area contributed by atoms with Gasteiger partial charge < -0.3 is 15.2 Å². The van der Waals surface area contributed by atoms with Crippen molar-refractivity contribution in [2.24, 2.45) is 0 Å². The zero-order chi connectivity index (χ0) is 15.2. The van der Waals surface area contributed by atoms with Crippen LogP contribution in [0.3, 0.4) is 0 Å². The van der Waals surface area contributed by atoms with Crippen molar-refractivity contribution in [1.29, 1.82) is 0 Å². The van der Waals surface area contributed by atoms with Gasteiger partial charge in [0.1, 0.15) is 17.7 Å². The van der Waals surface area contributed by atoms with E-state index >= 15 is 0 Å². The highest BCUT2D eigenvalue weighted by atomic mass is 16.5. The molecule has 2 aromatic rings. The van der Waals surface area contributed by atoms with E-state index in [1.54, 1.807) is 6.07 Å². The Morgan fingerprint density at radius 3 is 2.71 bits per heavy atom. The van der Waals surface area contributed by atoms with Crippen molar-refractivity contribution in [2.75, 3.05) is 12.8 Å². The van der Waals surface area contributed by atoms with E-state index in [0.717, 1.165) is 5.56 Å². The number of hydrogen-bond donors (Lipinski definition) is 1. The van der Waals surface area contributed by atoms with Gasteiger partial charge in [0, 0.05) is 0 Å². The molecule has 6 nitrogen and oxygen atoms in total. The largest absolute Gasteiger partial charge is 0.493 e. The monoisotopic (exact) mass is 285 g/mol. The second-order valence-corrected chi connectivity index (χ2v) is 4.11. The first-order chi connectivity index (χ1) is 10.2. The Bertz CT molecular complexity index is 684. The standard InChI is InChI=1S/C15H15N3O3/c1-3-4-10-5-6-12(13(7-10)20-2)21-15-11(8-19)14(16)17-9-18-15/h3-9H,1-2H3,(H2,16,17,18). The second kappa shape index (κ2) is 6.51. The van der Waals surface area contributed by atoms with Gasteiger partial charge in [0.05, 0.1) is 7.11 Å². The number of methoxy groups -OCH3 is 1. The molecule has 0 unspecified atom stereocenters. The van der Waals surface area contributed by atoms with Crippen molar-refractivity contribution in [2.45, 2.75) is 6.92 Å². The lowest BCUT2D eigenvalue weighted by atomic mass is 10.2. The number of anilines is 1. The number of carbonyl (C=O) groups excluding carboxylic acids is 1. The van der Waals surface area contributed by atoms with E-state index in [0.29, 0.717) is 17.8 Å². The maximum absolute atomic E-state index is 11.1. The summed E-state index contributed by atoms with van der Waals surface area (Å²) in [6, 6.07) is 5.42. The summed E-state index contributed by atoms with van der Waals surface area (Å²) >= 11 is 0. The van der Waals surface area contributed by atoms with Crippen LogP contribution in [0.4, 0.5) is 5.82 Å². The van der Waals surface area contributed by atoms with E-state index in [4.69, 9.17) is 15.2 Å². The van der Waals surface area contributed by atoms with Crippen LogP contribution < -0.4 is 15.2 Å². The molecule has 0 saturated heterocycles. The number of aromatic nitrogens is 2. The van der Waals surface area contributed by atoms with Gasteiger partial charge in [0.25, 0.3) is 0 Å². The maximum atomic E-state index is 11.1. The number of nitrogens with zero attached hydrogens (tertiary/aromatic N) is 2. The summed E-state index contributed by atoms with van der Waals surface area (Å²) < 4.78 is 10.9. The van der Waals surface area contributed by atoms with E-state index < -0.39 is 0 Å². The summed E-state index contributed by atoms with van der Waals surface area (Å²) in [7, 11) is 1.54. The van der Waals surface area contributed by atoms with Crippen molar-refractivity contribution in [1.82, 2.24) is 9.97 Å². The van der Waals surface area contributed by atoms with E-state index in [1.165, 1.54) is 13.4 Å². The first-order valence-electron chi connectivity index (χ1n) is 6.23. The Morgan fingerprint density at radius 1 is 1.24 bits per heavy atom. The lowest BCUT2D eigenvalue weighted by Crippen LogP contribution is -2.02. The molecule has 21 heavy (non-hydrogen) atoms. The van der Waals surface area contributed by atoms with Crippen molar-refractivity contribution >= 4 is 18.2 Å². The molecule has 0 bridgehead atoms. The fourth-order valence-corrected chi connectivity index (χ4v) is 1.75. The molecule has 0 aliphatic rings. The molecule has 0 saturated carbocycles. The Labute approximate surface area is 122 Å². The van der Waals surface area contributed by atoms with Crippen molar-refractivity contribution in [3.8, 4) is 17.4 Å². The van der Waals surface area contributed by atoms with Crippen LogP contribution in [0.2, 0.25) is 0 Å². The number of benzene rings is 1. The molecule has 1 heterocycles. The number of allylic oxidation sites excluding steroid dienone is 1. The molecule has 2 rings (SSSR count). The molecule has 2 N–H and O–H groups in total. The van der Waals surface area contributed by atoms with Gasteiger partial charge >= 0.3 is 0 Å². The molecule has 0 spiro atoms. The van der Waals surface area contributed by atoms with Gasteiger partial charge in [-0.25, -0.2) is 9.97 Å². The minimum absolute atomic E-state index is 0.0690. The van der Waals surface area contributed by atoms with Crippen molar-refractivity contribution < 1.29 is 14.3 Å². The molecular formula is C15H15N3O3. The number of rotatable bonds is 5. The van der Waals surface area contributed by atoms with Crippen LogP contribution >= 0.6 is 0 Å². The SMILES string of the molecule is CC=Cc1ccc(Oc2ncnc(N)c2C=O)c(OC)c1. The molecule has 0 fully saturated rings. The number of nitrogen functional groups attached to an aromatic ring is 1. The number of carbonyl (C=O) groups is 1. The van der Waals surface area contributed by atoms with E-state index in [-0.39, 0.29) is 17.3 Å². The third-order valence-corrected chi connectivity index (χ3v) is 2.75. The average Bonchev–Trinajstić information content (AvgIpc) is 2.49. The van der Waals surface area contributed by atoms with Crippen LogP contribution in [0.5, 0.6) is 17.4 Å². The van der Waals surface area contributed by atoms with Gasteiger partial charge in [0.2, 0.25) is 5.88 Å². The summed E-state index contributed by atoms with van der Waals surface area (Å²) in [5.74, 6) is 1.13. The van der Waals surface area contributed by atoms with Gasteiger partial charge in [0.15, 0.2) is 17.8 Å². The minimum atomic E-state index is 0.0690. The number of ether oxygens (including phenoxy) is 2. The highest BCUT2D eigenvalue weighted by molar-refractivity contribution is 5.84. The minimum Gasteiger partial charge on any atom is -0.493 e. The second-order valence-electron chi connectivity index (χ2n) is 4.11. The maximum Gasteiger partial charge on any atom is 0.235 e. The lowest BCUT2D eigenvalue weighted by molar-refractivity contribution is 0.112. The lowest BCUT2D eigenvalue weighted by Gasteiger charge is -2.11. The first kappa shape index (κ1) is 14.5. The Hall–Kier alpha value is -2.89. The van der Waals surface area contributed by atoms with Crippen LogP contribution in [0, 0.1) is 0 Å². The van der Waals surface area contributed by atoms with Crippen LogP contribution in [0.25, 0.3) is 6.08 Å². The normalized spacial score (nSPS) is 10.6. The molecule has 0 atom stereocenters. The molecular weight excluding hydrogens is 270 g/mol. The predicted molar refractivity (Wildman–Crippen MR) is 79.6 cm³/mol. The summed E-state index contributed by atoms with van der Waals surface area (Å²) in [6.45, 7) is 1.93. The van der Waals surface area contributed by atoms with Crippen LogP contribution in [-0.2, 0) is 0 Å². The Balaban J connectivity index is 2.40. The molecule has 108 valence electrons.